The Labute approximate surface area is 148 Å². The molecule has 0 aliphatic carbocycles. The summed E-state index contributed by atoms with van der Waals surface area (Å²) in [7, 11) is -1.48. The van der Waals surface area contributed by atoms with Crippen LogP contribution >= 0.6 is 0 Å². The molecule has 0 spiro atoms. The fourth-order valence-corrected chi connectivity index (χ4v) is 2.56. The first-order chi connectivity index (χ1) is 12.1. The summed E-state index contributed by atoms with van der Waals surface area (Å²) in [6, 6.07) is 10.5. The molecule has 7 heteroatoms. The number of pyridine rings is 1. The molecule has 0 saturated carbocycles. The van der Waals surface area contributed by atoms with Crippen molar-refractivity contribution in [2.75, 3.05) is 18.1 Å². The van der Waals surface area contributed by atoms with Crippen LogP contribution in [0, 0.1) is 0 Å². The Bertz CT molecular complexity index is 692. The smallest absolute Gasteiger partial charge is 0.462 e. The van der Waals surface area contributed by atoms with Crippen LogP contribution in [-0.4, -0.2) is 41.3 Å². The van der Waals surface area contributed by atoms with Crippen LogP contribution in [0.25, 0.3) is 0 Å². The summed E-state index contributed by atoms with van der Waals surface area (Å²) < 4.78 is 5.13. The lowest BCUT2D eigenvalue weighted by atomic mass is 9.80. The lowest BCUT2D eigenvalue weighted by Gasteiger charge is -2.25. The molecule has 0 aliphatic heterocycles. The van der Waals surface area contributed by atoms with E-state index in [1.807, 2.05) is 17.0 Å². The molecule has 1 aromatic heterocycles. The van der Waals surface area contributed by atoms with Crippen LogP contribution in [0.5, 0.6) is 0 Å². The van der Waals surface area contributed by atoms with Crippen molar-refractivity contribution >= 4 is 24.4 Å². The molecule has 1 heterocycles. The Morgan fingerprint density at radius 2 is 1.92 bits per heavy atom. The third-order valence-electron chi connectivity index (χ3n) is 3.73. The lowest BCUT2D eigenvalue weighted by Crippen LogP contribution is -2.30. The lowest BCUT2D eigenvalue weighted by molar-refractivity contribution is 0.0526. The van der Waals surface area contributed by atoms with Gasteiger partial charge in [0.1, 0.15) is 11.4 Å². The van der Waals surface area contributed by atoms with Gasteiger partial charge in [-0.15, -0.1) is 0 Å². The fraction of sp³-hybridized carbons (Fsp3) is 0.333. The second kappa shape index (κ2) is 9.20. The number of aromatic nitrogens is 1. The van der Waals surface area contributed by atoms with Crippen LogP contribution in [0.15, 0.2) is 42.6 Å². The van der Waals surface area contributed by atoms with Crippen LogP contribution in [0.1, 0.15) is 36.2 Å². The standard InChI is InChI=1S/C18H23BN2O4/c1-3-12-21(13-14-7-9-15(10-8-14)19(23)24)17-16(6-5-11-20-17)18(22)25-4-2/h5-11,23-24H,3-4,12-13H2,1-2H3. The van der Waals surface area contributed by atoms with Crippen molar-refractivity contribution < 1.29 is 19.6 Å². The van der Waals surface area contributed by atoms with Crippen molar-refractivity contribution in [3.05, 3.63) is 53.7 Å². The van der Waals surface area contributed by atoms with Crippen molar-refractivity contribution in [2.24, 2.45) is 0 Å². The third kappa shape index (κ3) is 5.05. The molecule has 0 fully saturated rings. The van der Waals surface area contributed by atoms with Gasteiger partial charge in [0.05, 0.1) is 6.61 Å². The normalized spacial score (nSPS) is 10.4. The molecule has 0 saturated heterocycles. The molecule has 0 unspecified atom stereocenters. The SMILES string of the molecule is CCCN(Cc1ccc(B(O)O)cc1)c1ncccc1C(=O)OCC. The summed E-state index contributed by atoms with van der Waals surface area (Å²) in [5.41, 5.74) is 1.87. The first-order valence-corrected chi connectivity index (χ1v) is 8.38. The first-order valence-electron chi connectivity index (χ1n) is 8.38. The Hall–Kier alpha value is -2.38. The summed E-state index contributed by atoms with van der Waals surface area (Å²) >= 11 is 0. The van der Waals surface area contributed by atoms with Crippen LogP contribution < -0.4 is 10.4 Å². The molecule has 2 aromatic rings. The van der Waals surface area contributed by atoms with Crippen molar-refractivity contribution in [1.29, 1.82) is 0 Å². The minimum absolute atomic E-state index is 0.311. The molecule has 0 radical (unpaired) electrons. The number of carbonyl (C=O) groups is 1. The number of nitrogens with zero attached hydrogens (tertiary/aromatic N) is 2. The zero-order valence-electron chi connectivity index (χ0n) is 14.6. The zero-order valence-corrected chi connectivity index (χ0v) is 14.6. The van der Waals surface area contributed by atoms with Gasteiger partial charge < -0.3 is 19.7 Å². The van der Waals surface area contributed by atoms with Gasteiger partial charge in [-0.1, -0.05) is 31.2 Å². The highest BCUT2D eigenvalue weighted by atomic mass is 16.5. The van der Waals surface area contributed by atoms with Gasteiger partial charge in [-0.2, -0.15) is 0 Å². The Kier molecular flexibility index (Phi) is 6.97. The van der Waals surface area contributed by atoms with Gasteiger partial charge in [-0.25, -0.2) is 9.78 Å². The summed E-state index contributed by atoms with van der Waals surface area (Å²) in [5.74, 6) is 0.208. The Morgan fingerprint density at radius 3 is 2.52 bits per heavy atom. The Balaban J connectivity index is 2.27. The van der Waals surface area contributed by atoms with Gasteiger partial charge in [-0.05, 0) is 36.5 Å². The highest BCUT2D eigenvalue weighted by Crippen LogP contribution is 2.21. The van der Waals surface area contributed by atoms with Gasteiger partial charge >= 0.3 is 13.1 Å². The molecule has 1 aromatic carbocycles. The van der Waals surface area contributed by atoms with E-state index >= 15 is 0 Å². The summed E-state index contributed by atoms with van der Waals surface area (Å²) in [6.45, 7) is 5.43. The first kappa shape index (κ1) is 19.0. The molecule has 6 nitrogen and oxygen atoms in total. The van der Waals surface area contributed by atoms with Crippen molar-refractivity contribution in [2.45, 2.75) is 26.8 Å². The molecule has 25 heavy (non-hydrogen) atoms. The van der Waals surface area contributed by atoms with E-state index in [0.29, 0.717) is 30.0 Å². The van der Waals surface area contributed by atoms with Gasteiger partial charge in [-0.3, -0.25) is 0 Å². The molecule has 0 amide bonds. The monoisotopic (exact) mass is 342 g/mol. The average Bonchev–Trinajstić information content (AvgIpc) is 2.62. The van der Waals surface area contributed by atoms with E-state index < -0.39 is 7.12 Å². The van der Waals surface area contributed by atoms with E-state index in [4.69, 9.17) is 4.74 Å². The molecule has 2 rings (SSSR count). The maximum Gasteiger partial charge on any atom is 0.488 e. The minimum Gasteiger partial charge on any atom is -0.462 e. The number of carbonyl (C=O) groups excluding carboxylic acids is 1. The fourth-order valence-electron chi connectivity index (χ4n) is 2.56. The van der Waals surface area contributed by atoms with E-state index in [0.717, 1.165) is 18.5 Å². The van der Waals surface area contributed by atoms with Crippen molar-refractivity contribution in [1.82, 2.24) is 4.98 Å². The quantitative estimate of drug-likeness (QED) is 0.557. The van der Waals surface area contributed by atoms with Gasteiger partial charge in [0.15, 0.2) is 0 Å². The maximum absolute atomic E-state index is 12.2. The number of rotatable bonds is 8. The maximum atomic E-state index is 12.2. The molecule has 132 valence electrons. The summed E-state index contributed by atoms with van der Waals surface area (Å²) in [5, 5.41) is 18.4. The number of benzene rings is 1. The average molecular weight is 342 g/mol. The highest BCUT2D eigenvalue weighted by Gasteiger charge is 2.19. The molecule has 0 bridgehead atoms. The molecular formula is C18H23BN2O4. The van der Waals surface area contributed by atoms with E-state index in [-0.39, 0.29) is 5.97 Å². The van der Waals surface area contributed by atoms with Crippen LogP contribution in [-0.2, 0) is 11.3 Å². The molecule has 2 N–H and O–H groups in total. The number of ether oxygens (including phenoxy) is 1. The largest absolute Gasteiger partial charge is 0.488 e. The molecule has 0 aliphatic rings. The number of esters is 1. The van der Waals surface area contributed by atoms with E-state index in [1.165, 1.54) is 0 Å². The number of hydrogen-bond donors (Lipinski definition) is 2. The topological polar surface area (TPSA) is 82.9 Å². The van der Waals surface area contributed by atoms with Gasteiger partial charge in [0, 0.05) is 19.3 Å². The highest BCUT2D eigenvalue weighted by molar-refractivity contribution is 6.58. The zero-order chi connectivity index (χ0) is 18.2. The summed E-state index contributed by atoms with van der Waals surface area (Å²) in [6.07, 6.45) is 2.55. The van der Waals surface area contributed by atoms with Crippen LogP contribution in [0.4, 0.5) is 5.82 Å². The second-order valence-electron chi connectivity index (χ2n) is 5.63. The second-order valence-corrected chi connectivity index (χ2v) is 5.63. The Morgan fingerprint density at radius 1 is 1.20 bits per heavy atom. The van der Waals surface area contributed by atoms with Crippen molar-refractivity contribution in [3.8, 4) is 0 Å². The van der Waals surface area contributed by atoms with Crippen LogP contribution in [0.3, 0.4) is 0 Å². The van der Waals surface area contributed by atoms with E-state index in [1.54, 1.807) is 37.4 Å². The third-order valence-corrected chi connectivity index (χ3v) is 3.73. The van der Waals surface area contributed by atoms with Crippen molar-refractivity contribution in [3.63, 3.8) is 0 Å². The van der Waals surface area contributed by atoms with E-state index in [9.17, 15) is 14.8 Å². The van der Waals surface area contributed by atoms with Crippen LogP contribution in [0.2, 0.25) is 0 Å². The number of hydrogen-bond acceptors (Lipinski definition) is 6. The molecule has 0 atom stereocenters. The predicted octanol–water partition coefficient (Wildman–Crippen LogP) is 1.35. The minimum atomic E-state index is -1.48. The van der Waals surface area contributed by atoms with Gasteiger partial charge in [0.2, 0.25) is 0 Å². The van der Waals surface area contributed by atoms with Gasteiger partial charge in [0.25, 0.3) is 0 Å². The van der Waals surface area contributed by atoms with E-state index in [2.05, 4.69) is 11.9 Å². The molecular weight excluding hydrogens is 319 g/mol. The summed E-state index contributed by atoms with van der Waals surface area (Å²) in [4.78, 5) is 18.6. The number of anilines is 1. The predicted molar refractivity (Wildman–Crippen MR) is 97.8 cm³/mol.